The Hall–Kier alpha value is -2.25. The van der Waals surface area contributed by atoms with E-state index in [-0.39, 0.29) is 0 Å². The Morgan fingerprint density at radius 3 is 2.68 bits per heavy atom. The number of hydroxylamine groups is 2. The van der Waals surface area contributed by atoms with Crippen molar-refractivity contribution in [3.05, 3.63) is 53.8 Å². The first kappa shape index (κ1) is 13.2. The molecule has 0 radical (unpaired) electrons. The molecule has 0 saturated carbocycles. The lowest BCUT2D eigenvalue weighted by Crippen LogP contribution is -2.14. The fourth-order valence-electron chi connectivity index (χ4n) is 2.09. The van der Waals surface area contributed by atoms with Gasteiger partial charge in [0.25, 0.3) is 6.26 Å². The fourth-order valence-corrected chi connectivity index (χ4v) is 2.09. The summed E-state index contributed by atoms with van der Waals surface area (Å²) in [5.41, 5.74) is 2.03. The van der Waals surface area contributed by atoms with E-state index in [2.05, 4.69) is 6.08 Å². The number of allylic oxidation sites excluding steroid dienone is 3. The van der Waals surface area contributed by atoms with Crippen LogP contribution < -0.4 is 4.74 Å². The molecule has 1 N–H and O–H groups in total. The molecule has 1 aliphatic rings. The summed E-state index contributed by atoms with van der Waals surface area (Å²) in [6.07, 6.45) is 9.57. The Labute approximate surface area is 112 Å². The minimum atomic E-state index is 0.437. The van der Waals surface area contributed by atoms with E-state index < -0.39 is 0 Å². The number of rotatable bonds is 4. The summed E-state index contributed by atoms with van der Waals surface area (Å²) in [6.45, 7) is 0. The molecule has 98 valence electrons. The third-order valence-electron chi connectivity index (χ3n) is 3.13. The molecule has 0 aliphatic heterocycles. The molecular weight excluding hydrogens is 240 g/mol. The Balaban J connectivity index is 1.93. The molecule has 1 aliphatic carbocycles. The number of hydrogen-bond acceptors (Lipinski definition) is 4. The van der Waals surface area contributed by atoms with E-state index in [0.29, 0.717) is 11.7 Å². The number of ether oxygens (including phenoxy) is 1. The van der Waals surface area contributed by atoms with Gasteiger partial charge in [-0.2, -0.15) is 0 Å². The summed E-state index contributed by atoms with van der Waals surface area (Å²) in [5, 5.41) is 18.8. The fraction of sp³-hybridized carbons (Fsp3) is 0.267. The molecule has 1 unspecified atom stereocenters. The van der Waals surface area contributed by atoms with Crippen LogP contribution in [0.4, 0.5) is 0 Å². The maximum atomic E-state index is 9.31. The standard InChI is InChI=1S/C15H16N2O2/c1-17(18)14-6-2-12(3-7-14)10-13-4-8-15(9-5-13)19-11-16/h2,4-9,12,18H,3,10H2,1H3. The van der Waals surface area contributed by atoms with Crippen LogP contribution in [0.1, 0.15) is 12.0 Å². The topological polar surface area (TPSA) is 56.5 Å². The number of benzene rings is 1. The number of nitrogens with zero attached hydrogens (tertiary/aromatic N) is 2. The van der Waals surface area contributed by atoms with Crippen LogP contribution in [0.2, 0.25) is 0 Å². The molecular formula is C15H16N2O2. The highest BCUT2D eigenvalue weighted by Crippen LogP contribution is 2.22. The second-order valence-electron chi connectivity index (χ2n) is 4.55. The molecule has 0 fully saturated rings. The summed E-state index contributed by atoms with van der Waals surface area (Å²) in [4.78, 5) is 0. The van der Waals surface area contributed by atoms with Gasteiger partial charge >= 0.3 is 0 Å². The van der Waals surface area contributed by atoms with E-state index in [0.717, 1.165) is 23.6 Å². The van der Waals surface area contributed by atoms with Gasteiger partial charge in [-0.05, 0) is 42.5 Å². The number of likely N-dealkylation sites (N-methyl/N-ethyl adjacent to an activating group) is 1. The van der Waals surface area contributed by atoms with Gasteiger partial charge in [0, 0.05) is 7.05 Å². The van der Waals surface area contributed by atoms with Crippen molar-refractivity contribution < 1.29 is 9.94 Å². The minimum Gasteiger partial charge on any atom is -0.388 e. The molecule has 0 bridgehead atoms. The lowest BCUT2D eigenvalue weighted by molar-refractivity contribution is -0.0244. The van der Waals surface area contributed by atoms with Gasteiger partial charge in [-0.3, -0.25) is 10.3 Å². The third kappa shape index (κ3) is 3.60. The van der Waals surface area contributed by atoms with E-state index in [9.17, 15) is 5.21 Å². The van der Waals surface area contributed by atoms with E-state index in [1.807, 2.05) is 24.3 Å². The van der Waals surface area contributed by atoms with Crippen molar-refractivity contribution in [2.75, 3.05) is 7.05 Å². The Morgan fingerprint density at radius 2 is 2.16 bits per heavy atom. The second kappa shape index (κ2) is 6.07. The average Bonchev–Trinajstić information content (AvgIpc) is 2.42. The predicted octanol–water partition coefficient (Wildman–Crippen LogP) is 2.87. The van der Waals surface area contributed by atoms with Gasteiger partial charge in [0.1, 0.15) is 5.75 Å². The molecule has 4 nitrogen and oxygen atoms in total. The third-order valence-corrected chi connectivity index (χ3v) is 3.13. The number of nitriles is 1. The van der Waals surface area contributed by atoms with Crippen molar-refractivity contribution >= 4 is 0 Å². The van der Waals surface area contributed by atoms with Gasteiger partial charge in [0.2, 0.25) is 0 Å². The van der Waals surface area contributed by atoms with Gasteiger partial charge in [-0.1, -0.05) is 24.3 Å². The normalized spacial score (nSPS) is 17.5. The maximum absolute atomic E-state index is 9.31. The molecule has 0 amide bonds. The van der Waals surface area contributed by atoms with Gasteiger partial charge in [0.05, 0.1) is 5.70 Å². The lowest BCUT2D eigenvalue weighted by Gasteiger charge is -2.19. The van der Waals surface area contributed by atoms with Crippen LogP contribution in [0.5, 0.6) is 5.75 Å². The summed E-state index contributed by atoms with van der Waals surface area (Å²) >= 11 is 0. The van der Waals surface area contributed by atoms with Crippen molar-refractivity contribution in [1.82, 2.24) is 5.06 Å². The largest absolute Gasteiger partial charge is 0.388 e. The van der Waals surface area contributed by atoms with Crippen LogP contribution in [0.15, 0.2) is 48.2 Å². The van der Waals surface area contributed by atoms with Crippen molar-refractivity contribution in [1.29, 1.82) is 5.26 Å². The smallest absolute Gasteiger partial charge is 0.292 e. The maximum Gasteiger partial charge on any atom is 0.292 e. The number of hydrogen-bond donors (Lipinski definition) is 1. The quantitative estimate of drug-likeness (QED) is 0.664. The zero-order valence-electron chi connectivity index (χ0n) is 10.8. The van der Waals surface area contributed by atoms with Crippen molar-refractivity contribution in [3.63, 3.8) is 0 Å². The van der Waals surface area contributed by atoms with Crippen LogP contribution in [-0.2, 0) is 6.42 Å². The van der Waals surface area contributed by atoms with Crippen LogP contribution >= 0.6 is 0 Å². The minimum absolute atomic E-state index is 0.437. The SMILES string of the molecule is CN(O)C1=CCC(Cc2ccc(OC#N)cc2)C=C1. The molecule has 0 heterocycles. The zero-order chi connectivity index (χ0) is 13.7. The Kier molecular flexibility index (Phi) is 4.22. The molecule has 19 heavy (non-hydrogen) atoms. The highest BCUT2D eigenvalue weighted by Gasteiger charge is 2.11. The second-order valence-corrected chi connectivity index (χ2v) is 4.55. The van der Waals surface area contributed by atoms with E-state index in [1.54, 1.807) is 25.4 Å². The molecule has 1 atom stereocenters. The monoisotopic (exact) mass is 256 g/mol. The molecule has 1 aromatic rings. The Bertz CT molecular complexity index is 524. The average molecular weight is 256 g/mol. The first-order chi connectivity index (χ1) is 9.19. The first-order valence-electron chi connectivity index (χ1n) is 6.15. The predicted molar refractivity (Wildman–Crippen MR) is 71.3 cm³/mol. The van der Waals surface area contributed by atoms with Crippen LogP contribution in [0.3, 0.4) is 0 Å². The van der Waals surface area contributed by atoms with Crippen molar-refractivity contribution in [3.8, 4) is 12.0 Å². The zero-order valence-corrected chi connectivity index (χ0v) is 10.8. The molecule has 0 aromatic heterocycles. The molecule has 0 spiro atoms. The van der Waals surface area contributed by atoms with Gasteiger partial charge in [-0.15, -0.1) is 5.26 Å². The van der Waals surface area contributed by atoms with Gasteiger partial charge < -0.3 is 4.74 Å². The van der Waals surface area contributed by atoms with Gasteiger partial charge in [0.15, 0.2) is 0 Å². The van der Waals surface area contributed by atoms with Crippen LogP contribution in [0, 0.1) is 17.4 Å². The highest BCUT2D eigenvalue weighted by atomic mass is 16.5. The Morgan fingerprint density at radius 1 is 1.42 bits per heavy atom. The summed E-state index contributed by atoms with van der Waals surface area (Å²) in [6, 6.07) is 7.54. The van der Waals surface area contributed by atoms with Gasteiger partial charge in [-0.25, -0.2) is 0 Å². The van der Waals surface area contributed by atoms with Crippen LogP contribution in [0.25, 0.3) is 0 Å². The summed E-state index contributed by atoms with van der Waals surface area (Å²) in [7, 11) is 1.62. The molecule has 0 saturated heterocycles. The molecule has 1 aromatic carbocycles. The summed E-state index contributed by atoms with van der Waals surface area (Å²) < 4.78 is 4.74. The van der Waals surface area contributed by atoms with E-state index in [1.165, 1.54) is 5.56 Å². The van der Waals surface area contributed by atoms with Crippen LogP contribution in [-0.4, -0.2) is 17.3 Å². The van der Waals surface area contributed by atoms with E-state index >= 15 is 0 Å². The van der Waals surface area contributed by atoms with Crippen molar-refractivity contribution in [2.45, 2.75) is 12.8 Å². The van der Waals surface area contributed by atoms with E-state index in [4.69, 9.17) is 10.00 Å². The molecule has 4 heteroatoms. The first-order valence-corrected chi connectivity index (χ1v) is 6.15. The molecule has 2 rings (SSSR count). The highest BCUT2D eigenvalue weighted by molar-refractivity contribution is 5.29. The lowest BCUT2D eigenvalue weighted by atomic mass is 9.92. The summed E-state index contributed by atoms with van der Waals surface area (Å²) in [5.74, 6) is 1.00. The van der Waals surface area contributed by atoms with Crippen molar-refractivity contribution in [2.24, 2.45) is 5.92 Å².